The van der Waals surface area contributed by atoms with E-state index in [9.17, 15) is 14.3 Å². The fourth-order valence-corrected chi connectivity index (χ4v) is 4.95. The highest BCUT2D eigenvalue weighted by molar-refractivity contribution is 5.67. The molecular formula is C25H31FO3. The van der Waals surface area contributed by atoms with Gasteiger partial charge in [0.15, 0.2) is 0 Å². The lowest BCUT2D eigenvalue weighted by Crippen LogP contribution is -2.27. The zero-order valence-electron chi connectivity index (χ0n) is 17.5. The summed E-state index contributed by atoms with van der Waals surface area (Å²) in [5.41, 5.74) is 3.46. The van der Waals surface area contributed by atoms with Crippen LogP contribution in [0.3, 0.4) is 0 Å². The first-order valence-corrected chi connectivity index (χ1v) is 10.5. The molecule has 0 saturated heterocycles. The Morgan fingerprint density at radius 2 is 1.93 bits per heavy atom. The minimum Gasteiger partial charge on any atom is -0.497 e. The number of methoxy groups -OCH3 is 1. The van der Waals surface area contributed by atoms with E-state index in [1.54, 1.807) is 19.2 Å². The molecule has 1 saturated carbocycles. The van der Waals surface area contributed by atoms with Gasteiger partial charge in [-0.25, -0.2) is 4.39 Å². The van der Waals surface area contributed by atoms with Crippen molar-refractivity contribution >= 4 is 5.97 Å². The maximum absolute atomic E-state index is 14.2. The van der Waals surface area contributed by atoms with Crippen molar-refractivity contribution in [2.24, 2.45) is 11.8 Å². The molecule has 4 atom stereocenters. The minimum absolute atomic E-state index is 0.152. The van der Waals surface area contributed by atoms with Crippen molar-refractivity contribution in [2.75, 3.05) is 7.11 Å². The normalized spacial score (nSPS) is 22.8. The van der Waals surface area contributed by atoms with Crippen LogP contribution in [-0.2, 0) is 11.2 Å². The summed E-state index contributed by atoms with van der Waals surface area (Å²) in [5, 5.41) is 9.26. The summed E-state index contributed by atoms with van der Waals surface area (Å²) in [4.78, 5) is 11.3. The van der Waals surface area contributed by atoms with Crippen LogP contribution in [0.5, 0.6) is 5.75 Å². The first-order chi connectivity index (χ1) is 13.9. The van der Waals surface area contributed by atoms with Crippen LogP contribution < -0.4 is 4.74 Å². The first-order valence-electron chi connectivity index (χ1n) is 10.5. The number of carboxylic acids is 1. The van der Waals surface area contributed by atoms with E-state index in [1.807, 2.05) is 18.2 Å². The lowest BCUT2D eigenvalue weighted by Gasteiger charge is -2.37. The van der Waals surface area contributed by atoms with E-state index in [0.717, 1.165) is 37.0 Å². The number of carboxylic acid groups (broad SMARTS) is 1. The molecule has 2 aromatic rings. The summed E-state index contributed by atoms with van der Waals surface area (Å²) in [6.45, 7) is 4.32. The summed E-state index contributed by atoms with van der Waals surface area (Å²) in [6.07, 6.45) is 3.99. The highest BCUT2D eigenvalue weighted by Crippen LogP contribution is 2.45. The highest BCUT2D eigenvalue weighted by atomic mass is 19.1. The number of aliphatic carboxylic acids is 1. The predicted octanol–water partition coefficient (Wildman–Crippen LogP) is 6.18. The van der Waals surface area contributed by atoms with Gasteiger partial charge in [-0.3, -0.25) is 4.79 Å². The third-order valence-electron chi connectivity index (χ3n) is 6.59. The van der Waals surface area contributed by atoms with Gasteiger partial charge in [0, 0.05) is 6.42 Å². The van der Waals surface area contributed by atoms with E-state index in [-0.39, 0.29) is 35.9 Å². The Hall–Kier alpha value is -2.36. The zero-order valence-corrected chi connectivity index (χ0v) is 17.5. The summed E-state index contributed by atoms with van der Waals surface area (Å²) in [6, 6.07) is 13.2. The minimum atomic E-state index is -0.741. The van der Waals surface area contributed by atoms with Gasteiger partial charge in [0.2, 0.25) is 0 Å². The van der Waals surface area contributed by atoms with Gasteiger partial charge in [0.05, 0.1) is 7.11 Å². The Morgan fingerprint density at radius 3 is 2.59 bits per heavy atom. The van der Waals surface area contributed by atoms with E-state index in [1.165, 1.54) is 11.1 Å². The van der Waals surface area contributed by atoms with E-state index < -0.39 is 5.97 Å². The van der Waals surface area contributed by atoms with Crippen LogP contribution in [-0.4, -0.2) is 18.2 Å². The van der Waals surface area contributed by atoms with Crippen molar-refractivity contribution in [1.82, 2.24) is 0 Å². The molecule has 0 amide bonds. The molecule has 3 unspecified atom stereocenters. The van der Waals surface area contributed by atoms with Gasteiger partial charge in [-0.05, 0) is 83.9 Å². The molecule has 0 aliphatic heterocycles. The van der Waals surface area contributed by atoms with Crippen LogP contribution in [0.4, 0.5) is 4.39 Å². The molecule has 0 aromatic heterocycles. The van der Waals surface area contributed by atoms with Crippen molar-refractivity contribution in [1.29, 1.82) is 0 Å². The molecule has 0 heterocycles. The average Bonchev–Trinajstić information content (AvgIpc) is 2.69. The first kappa shape index (κ1) is 21.4. The molecule has 1 aliphatic carbocycles. The summed E-state index contributed by atoms with van der Waals surface area (Å²) >= 11 is 0. The lowest BCUT2D eigenvalue weighted by atomic mass is 9.67. The molecular weight excluding hydrogens is 367 g/mol. The average molecular weight is 399 g/mol. The Balaban J connectivity index is 1.85. The molecule has 2 aromatic carbocycles. The molecule has 3 rings (SSSR count). The molecule has 0 spiro atoms. The van der Waals surface area contributed by atoms with E-state index in [0.29, 0.717) is 0 Å². The van der Waals surface area contributed by atoms with Crippen molar-refractivity contribution in [3.8, 4) is 5.75 Å². The highest BCUT2D eigenvalue weighted by Gasteiger charge is 2.34. The molecule has 4 heteroatoms. The number of carbonyl (C=O) groups is 1. The molecule has 0 radical (unpaired) electrons. The second-order valence-corrected chi connectivity index (χ2v) is 8.48. The van der Waals surface area contributed by atoms with Crippen LogP contribution in [0, 0.1) is 17.7 Å². The molecule has 1 N–H and O–H groups in total. The third kappa shape index (κ3) is 5.17. The monoisotopic (exact) mass is 398 g/mol. The van der Waals surface area contributed by atoms with Crippen molar-refractivity contribution in [3.63, 3.8) is 0 Å². The maximum atomic E-state index is 14.2. The third-order valence-corrected chi connectivity index (χ3v) is 6.59. The van der Waals surface area contributed by atoms with Gasteiger partial charge in [-0.1, -0.05) is 38.5 Å². The predicted molar refractivity (Wildman–Crippen MR) is 113 cm³/mol. The van der Waals surface area contributed by atoms with Crippen LogP contribution in [0.15, 0.2) is 42.5 Å². The van der Waals surface area contributed by atoms with Gasteiger partial charge >= 0.3 is 5.97 Å². The van der Waals surface area contributed by atoms with Gasteiger partial charge in [-0.15, -0.1) is 0 Å². The smallest absolute Gasteiger partial charge is 0.303 e. The summed E-state index contributed by atoms with van der Waals surface area (Å²) in [5.74, 6) is 0.711. The fourth-order valence-electron chi connectivity index (χ4n) is 4.95. The van der Waals surface area contributed by atoms with E-state index in [4.69, 9.17) is 4.74 Å². The molecule has 1 fully saturated rings. The summed E-state index contributed by atoms with van der Waals surface area (Å²) < 4.78 is 19.4. The quantitative estimate of drug-likeness (QED) is 0.606. The van der Waals surface area contributed by atoms with Gasteiger partial charge < -0.3 is 9.84 Å². The molecule has 156 valence electrons. The Morgan fingerprint density at radius 1 is 1.21 bits per heavy atom. The van der Waals surface area contributed by atoms with E-state index >= 15 is 0 Å². The molecule has 0 bridgehead atoms. The lowest BCUT2D eigenvalue weighted by molar-refractivity contribution is -0.138. The number of halogens is 1. The number of hydrogen-bond acceptors (Lipinski definition) is 2. The van der Waals surface area contributed by atoms with Gasteiger partial charge in [0.25, 0.3) is 0 Å². The Bertz CT molecular complexity index is 830. The summed E-state index contributed by atoms with van der Waals surface area (Å²) in [7, 11) is 1.66. The van der Waals surface area contributed by atoms with Crippen molar-refractivity contribution in [3.05, 3.63) is 65.0 Å². The van der Waals surface area contributed by atoms with Crippen LogP contribution in [0.25, 0.3) is 0 Å². The second-order valence-electron chi connectivity index (χ2n) is 8.48. The van der Waals surface area contributed by atoms with E-state index in [2.05, 4.69) is 26.0 Å². The molecule has 29 heavy (non-hydrogen) atoms. The van der Waals surface area contributed by atoms with Crippen LogP contribution in [0.2, 0.25) is 0 Å². The zero-order chi connectivity index (χ0) is 21.0. The topological polar surface area (TPSA) is 46.5 Å². The van der Waals surface area contributed by atoms with Gasteiger partial charge in [-0.2, -0.15) is 0 Å². The standard InChI is InChI=1S/C25H31FO3/c1-16(13-18-7-10-21(29-3)11-8-18)22-12-9-20(26)15-24(22)23-6-4-5-19(17(23)2)14-25(27)28/h7-12,15-17,19,23H,4-6,13-14H2,1-3H3,(H,27,28)/t16-,17?,19?,23?/m0/s1. The number of rotatable bonds is 7. The van der Waals surface area contributed by atoms with Gasteiger partial charge in [0.1, 0.15) is 11.6 Å². The SMILES string of the molecule is COc1ccc(C[C@H](C)c2ccc(F)cc2C2CCCC(CC(=O)O)C2C)cc1. The van der Waals surface area contributed by atoms with Crippen LogP contribution >= 0.6 is 0 Å². The fraction of sp³-hybridized carbons (Fsp3) is 0.480. The second kappa shape index (κ2) is 9.43. The number of benzene rings is 2. The Labute approximate surface area is 172 Å². The number of ether oxygens (including phenoxy) is 1. The van der Waals surface area contributed by atoms with Crippen molar-refractivity contribution < 1.29 is 19.0 Å². The molecule has 3 nitrogen and oxygen atoms in total. The Kier molecular flexibility index (Phi) is 6.94. The largest absolute Gasteiger partial charge is 0.497 e. The molecule has 1 aliphatic rings. The van der Waals surface area contributed by atoms with Crippen LogP contribution in [0.1, 0.15) is 68.1 Å². The number of hydrogen-bond donors (Lipinski definition) is 1. The maximum Gasteiger partial charge on any atom is 0.303 e. The van der Waals surface area contributed by atoms with Crippen molar-refractivity contribution in [2.45, 2.75) is 57.8 Å².